The van der Waals surface area contributed by atoms with Crippen molar-refractivity contribution in [1.82, 2.24) is 20.0 Å². The van der Waals surface area contributed by atoms with Gasteiger partial charge in [-0.2, -0.15) is 5.10 Å². The predicted octanol–water partition coefficient (Wildman–Crippen LogP) is 1.12. The van der Waals surface area contributed by atoms with Crippen molar-refractivity contribution >= 4 is 11.8 Å². The molecule has 3 heterocycles. The number of hydrogen-bond acceptors (Lipinski definition) is 3. The molecule has 0 aromatic carbocycles. The van der Waals surface area contributed by atoms with Crippen molar-refractivity contribution in [1.29, 1.82) is 0 Å². The van der Waals surface area contributed by atoms with E-state index in [1.54, 1.807) is 4.90 Å². The lowest BCUT2D eigenvalue weighted by molar-refractivity contribution is -0.139. The van der Waals surface area contributed by atoms with E-state index in [2.05, 4.69) is 17.1 Å². The second-order valence-corrected chi connectivity index (χ2v) is 6.50. The number of amides is 2. The number of piperidine rings is 1. The lowest BCUT2D eigenvalue weighted by Gasteiger charge is -2.33. The van der Waals surface area contributed by atoms with Crippen LogP contribution in [0.15, 0.2) is 6.20 Å². The van der Waals surface area contributed by atoms with Gasteiger partial charge in [0.15, 0.2) is 0 Å². The number of rotatable bonds is 4. The SMILES string of the molecule is Cc1cn[nH]c1C[C@H]1CCCN(C(=O)CN2CCCC2=O)C1. The molecule has 1 atom stereocenters. The maximum Gasteiger partial charge on any atom is 0.242 e. The molecule has 0 bridgehead atoms. The molecule has 0 radical (unpaired) electrons. The van der Waals surface area contributed by atoms with Crippen LogP contribution in [-0.4, -0.2) is 58.0 Å². The van der Waals surface area contributed by atoms with Gasteiger partial charge in [-0.05, 0) is 44.1 Å². The van der Waals surface area contributed by atoms with Crippen LogP contribution in [0, 0.1) is 12.8 Å². The first-order chi connectivity index (χ1) is 10.6. The van der Waals surface area contributed by atoms with Gasteiger partial charge in [-0.25, -0.2) is 0 Å². The van der Waals surface area contributed by atoms with Crippen LogP contribution in [0.5, 0.6) is 0 Å². The van der Waals surface area contributed by atoms with E-state index in [1.807, 2.05) is 11.1 Å². The number of H-pyrrole nitrogens is 1. The summed E-state index contributed by atoms with van der Waals surface area (Å²) in [6, 6.07) is 0. The van der Waals surface area contributed by atoms with Crippen molar-refractivity contribution in [3.8, 4) is 0 Å². The highest BCUT2D eigenvalue weighted by molar-refractivity contribution is 5.85. The molecule has 1 aromatic rings. The fourth-order valence-corrected chi connectivity index (χ4v) is 3.46. The molecule has 2 amide bonds. The van der Waals surface area contributed by atoms with Gasteiger partial charge in [0.2, 0.25) is 11.8 Å². The third kappa shape index (κ3) is 3.31. The van der Waals surface area contributed by atoms with Gasteiger partial charge in [-0.1, -0.05) is 0 Å². The van der Waals surface area contributed by atoms with Crippen LogP contribution in [0.25, 0.3) is 0 Å². The van der Waals surface area contributed by atoms with Gasteiger partial charge in [-0.15, -0.1) is 0 Å². The van der Waals surface area contributed by atoms with Crippen molar-refractivity contribution < 1.29 is 9.59 Å². The maximum absolute atomic E-state index is 12.4. The molecule has 0 aliphatic carbocycles. The third-order valence-electron chi connectivity index (χ3n) is 4.80. The molecule has 22 heavy (non-hydrogen) atoms. The molecular formula is C16H24N4O2. The average molecular weight is 304 g/mol. The molecule has 3 rings (SSSR count). The lowest BCUT2D eigenvalue weighted by atomic mass is 9.92. The molecule has 0 unspecified atom stereocenters. The number of nitrogens with one attached hydrogen (secondary N) is 1. The van der Waals surface area contributed by atoms with Crippen LogP contribution in [0.1, 0.15) is 36.9 Å². The van der Waals surface area contributed by atoms with Gasteiger partial charge in [0.25, 0.3) is 0 Å². The van der Waals surface area contributed by atoms with E-state index in [4.69, 9.17) is 0 Å². The fourth-order valence-electron chi connectivity index (χ4n) is 3.46. The Morgan fingerprint density at radius 3 is 2.95 bits per heavy atom. The Morgan fingerprint density at radius 1 is 1.41 bits per heavy atom. The molecule has 6 nitrogen and oxygen atoms in total. The minimum atomic E-state index is 0.0984. The van der Waals surface area contributed by atoms with Crippen LogP contribution in [0.4, 0.5) is 0 Å². The van der Waals surface area contributed by atoms with Crippen molar-refractivity contribution in [2.75, 3.05) is 26.2 Å². The summed E-state index contributed by atoms with van der Waals surface area (Å²) in [6.45, 7) is 4.66. The Bertz CT molecular complexity index is 554. The third-order valence-corrected chi connectivity index (χ3v) is 4.80. The van der Waals surface area contributed by atoms with Crippen molar-refractivity contribution in [3.63, 3.8) is 0 Å². The standard InChI is InChI=1S/C16H24N4O2/c1-12-9-17-18-14(12)8-13-4-2-6-19(10-13)16(22)11-20-7-3-5-15(20)21/h9,13H,2-8,10-11H2,1H3,(H,17,18)/t13-/m1/s1. The largest absolute Gasteiger partial charge is 0.341 e. The normalized spacial score (nSPS) is 22.4. The van der Waals surface area contributed by atoms with Crippen LogP contribution >= 0.6 is 0 Å². The van der Waals surface area contributed by atoms with Gasteiger partial charge >= 0.3 is 0 Å². The van der Waals surface area contributed by atoms with Gasteiger partial charge in [0, 0.05) is 31.7 Å². The molecule has 2 saturated heterocycles. The molecule has 2 aliphatic heterocycles. The highest BCUT2D eigenvalue weighted by atomic mass is 16.2. The van der Waals surface area contributed by atoms with E-state index < -0.39 is 0 Å². The van der Waals surface area contributed by atoms with Crippen molar-refractivity contribution in [2.24, 2.45) is 5.92 Å². The van der Waals surface area contributed by atoms with Crippen LogP contribution in [-0.2, 0) is 16.0 Å². The summed E-state index contributed by atoms with van der Waals surface area (Å²) in [5, 5.41) is 7.12. The minimum absolute atomic E-state index is 0.0984. The molecule has 1 N–H and O–H groups in total. The molecule has 6 heteroatoms. The van der Waals surface area contributed by atoms with Gasteiger partial charge in [-0.3, -0.25) is 14.7 Å². The monoisotopic (exact) mass is 304 g/mol. The summed E-state index contributed by atoms with van der Waals surface area (Å²) >= 11 is 0. The second-order valence-electron chi connectivity index (χ2n) is 6.50. The van der Waals surface area contributed by atoms with Gasteiger partial charge < -0.3 is 9.80 Å². The maximum atomic E-state index is 12.4. The Kier molecular flexibility index (Phi) is 4.45. The summed E-state index contributed by atoms with van der Waals surface area (Å²) in [4.78, 5) is 27.7. The number of nitrogens with zero attached hydrogens (tertiary/aromatic N) is 3. The van der Waals surface area contributed by atoms with Crippen LogP contribution < -0.4 is 0 Å². The van der Waals surface area contributed by atoms with Crippen molar-refractivity contribution in [3.05, 3.63) is 17.5 Å². The van der Waals surface area contributed by atoms with Gasteiger partial charge in [0.05, 0.1) is 12.7 Å². The number of aromatic nitrogens is 2. The first-order valence-electron chi connectivity index (χ1n) is 8.18. The number of carbonyl (C=O) groups excluding carboxylic acids is 2. The van der Waals surface area contributed by atoms with Crippen molar-refractivity contribution in [2.45, 2.75) is 39.0 Å². The Morgan fingerprint density at radius 2 is 2.27 bits per heavy atom. The Hall–Kier alpha value is -1.85. The molecule has 2 aliphatic rings. The topological polar surface area (TPSA) is 69.3 Å². The van der Waals surface area contributed by atoms with Crippen LogP contribution in [0.2, 0.25) is 0 Å². The molecule has 1 aromatic heterocycles. The highest BCUT2D eigenvalue weighted by Crippen LogP contribution is 2.22. The summed E-state index contributed by atoms with van der Waals surface area (Å²) in [7, 11) is 0. The zero-order valence-corrected chi connectivity index (χ0v) is 13.2. The van der Waals surface area contributed by atoms with Gasteiger partial charge in [0.1, 0.15) is 0 Å². The van der Waals surface area contributed by atoms with E-state index in [-0.39, 0.29) is 18.4 Å². The van der Waals surface area contributed by atoms with Crippen LogP contribution in [0.3, 0.4) is 0 Å². The molecule has 0 saturated carbocycles. The summed E-state index contributed by atoms with van der Waals surface area (Å²) in [6.07, 6.45) is 6.45. The number of aromatic amines is 1. The predicted molar refractivity (Wildman–Crippen MR) is 82.1 cm³/mol. The first-order valence-corrected chi connectivity index (χ1v) is 8.18. The summed E-state index contributed by atoms with van der Waals surface area (Å²) < 4.78 is 0. The fraction of sp³-hybridized carbons (Fsp3) is 0.688. The smallest absolute Gasteiger partial charge is 0.242 e. The summed E-state index contributed by atoms with van der Waals surface area (Å²) in [5.41, 5.74) is 2.36. The number of aryl methyl sites for hydroxylation is 1. The Labute approximate surface area is 130 Å². The van der Waals surface area contributed by atoms with E-state index in [1.165, 1.54) is 11.3 Å². The first kappa shape index (κ1) is 15.1. The number of likely N-dealkylation sites (tertiary alicyclic amines) is 2. The lowest BCUT2D eigenvalue weighted by Crippen LogP contribution is -2.45. The number of carbonyl (C=O) groups is 2. The molecule has 120 valence electrons. The minimum Gasteiger partial charge on any atom is -0.341 e. The number of hydrogen-bond donors (Lipinski definition) is 1. The molecule has 0 spiro atoms. The average Bonchev–Trinajstić information content (AvgIpc) is 3.09. The van der Waals surface area contributed by atoms with E-state index in [0.717, 1.165) is 45.3 Å². The zero-order chi connectivity index (χ0) is 15.5. The highest BCUT2D eigenvalue weighted by Gasteiger charge is 2.28. The molecule has 2 fully saturated rings. The zero-order valence-electron chi connectivity index (χ0n) is 13.2. The van der Waals surface area contributed by atoms with E-state index in [0.29, 0.717) is 12.3 Å². The second kappa shape index (κ2) is 6.50. The molecular weight excluding hydrogens is 280 g/mol. The van der Waals surface area contributed by atoms with E-state index >= 15 is 0 Å². The quantitative estimate of drug-likeness (QED) is 0.906. The Balaban J connectivity index is 1.54. The van der Waals surface area contributed by atoms with E-state index in [9.17, 15) is 9.59 Å². The summed E-state index contributed by atoms with van der Waals surface area (Å²) in [5.74, 6) is 0.697.